The summed E-state index contributed by atoms with van der Waals surface area (Å²) >= 11 is 0. The minimum Gasteiger partial charge on any atom is -0.481 e. The summed E-state index contributed by atoms with van der Waals surface area (Å²) in [6.45, 7) is 3.33. The van der Waals surface area contributed by atoms with Gasteiger partial charge < -0.3 is 5.11 Å². The molecule has 0 saturated heterocycles. The molecule has 0 radical (unpaired) electrons. The van der Waals surface area contributed by atoms with Gasteiger partial charge in [0.1, 0.15) is 25.5 Å². The fourth-order valence-electron chi connectivity index (χ4n) is 1.94. The molecule has 0 amide bonds. The lowest BCUT2D eigenvalue weighted by Crippen LogP contribution is -2.36. The van der Waals surface area contributed by atoms with Crippen LogP contribution in [0.15, 0.2) is 42.7 Å². The van der Waals surface area contributed by atoms with Gasteiger partial charge in [0.25, 0.3) is 5.82 Å². The smallest absolute Gasteiger partial charge is 0.307 e. The molecule has 1 aromatic heterocycles. The van der Waals surface area contributed by atoms with E-state index in [2.05, 4.69) is 16.7 Å². The van der Waals surface area contributed by atoms with Gasteiger partial charge in [0, 0.05) is 6.92 Å². The van der Waals surface area contributed by atoms with Gasteiger partial charge in [-0.05, 0) is 5.56 Å². The fourth-order valence-corrected chi connectivity index (χ4v) is 1.94. The lowest BCUT2D eigenvalue weighted by atomic mass is 10.2. The van der Waals surface area contributed by atoms with Crippen molar-refractivity contribution in [3.63, 3.8) is 0 Å². The van der Waals surface area contributed by atoms with Gasteiger partial charge in [0.2, 0.25) is 0 Å². The number of aromatic nitrogens is 2. The summed E-state index contributed by atoms with van der Waals surface area (Å²) in [5.41, 5.74) is 1.24. The van der Waals surface area contributed by atoms with Crippen molar-refractivity contribution in [3.05, 3.63) is 54.1 Å². The number of carboxylic acid groups (broad SMARTS) is 1. The van der Waals surface area contributed by atoms with Crippen molar-refractivity contribution >= 4 is 5.97 Å². The van der Waals surface area contributed by atoms with Crippen LogP contribution < -0.4 is 4.57 Å². The van der Waals surface area contributed by atoms with E-state index in [4.69, 9.17) is 5.11 Å². The Hall–Kier alpha value is -2.10. The van der Waals surface area contributed by atoms with Crippen LogP contribution in [0.5, 0.6) is 0 Å². The molecule has 0 saturated carbocycles. The van der Waals surface area contributed by atoms with Crippen LogP contribution in [0.25, 0.3) is 0 Å². The average Bonchev–Trinajstić information content (AvgIpc) is 2.70. The zero-order chi connectivity index (χ0) is 13.0. The van der Waals surface area contributed by atoms with E-state index in [1.165, 1.54) is 5.56 Å². The predicted molar refractivity (Wildman–Crippen MR) is 67.2 cm³/mol. The molecule has 0 bridgehead atoms. The first kappa shape index (κ1) is 12.4. The third-order valence-corrected chi connectivity index (χ3v) is 3.02. The van der Waals surface area contributed by atoms with Crippen molar-refractivity contribution in [2.24, 2.45) is 0 Å². The van der Waals surface area contributed by atoms with Gasteiger partial charge >= 0.3 is 5.97 Å². The Morgan fingerprint density at radius 3 is 2.72 bits per heavy atom. The Bertz CT molecular complexity index is 532. The van der Waals surface area contributed by atoms with Gasteiger partial charge in [-0.3, -0.25) is 4.79 Å². The number of benzene rings is 1. The molecule has 0 atom stereocenters. The van der Waals surface area contributed by atoms with Crippen molar-refractivity contribution < 1.29 is 14.5 Å². The average molecular weight is 245 g/mol. The first-order valence-electron chi connectivity index (χ1n) is 5.97. The SMILES string of the molecule is Cc1n(CCC(=O)O)cc[n+]1Cc1ccccc1. The summed E-state index contributed by atoms with van der Waals surface area (Å²) in [7, 11) is 0. The van der Waals surface area contributed by atoms with E-state index in [-0.39, 0.29) is 6.42 Å². The Balaban J connectivity index is 2.08. The Morgan fingerprint density at radius 1 is 1.33 bits per heavy atom. The van der Waals surface area contributed by atoms with Gasteiger partial charge in [-0.2, -0.15) is 0 Å². The normalized spacial score (nSPS) is 10.5. The molecular weight excluding hydrogens is 228 g/mol. The number of aryl methyl sites for hydroxylation is 1. The Kier molecular flexibility index (Phi) is 3.77. The number of aliphatic carboxylic acids is 1. The van der Waals surface area contributed by atoms with Gasteiger partial charge in [-0.25, -0.2) is 9.13 Å². The molecule has 2 aromatic rings. The lowest BCUT2D eigenvalue weighted by Gasteiger charge is -2.01. The molecule has 0 fully saturated rings. The molecular formula is C14H17N2O2+. The third kappa shape index (κ3) is 2.97. The van der Waals surface area contributed by atoms with Gasteiger partial charge in [0.05, 0.1) is 6.42 Å². The van der Waals surface area contributed by atoms with Crippen LogP contribution in [0.1, 0.15) is 17.8 Å². The van der Waals surface area contributed by atoms with E-state index < -0.39 is 5.97 Å². The van der Waals surface area contributed by atoms with Crippen molar-refractivity contribution in [2.75, 3.05) is 0 Å². The highest BCUT2D eigenvalue weighted by molar-refractivity contribution is 5.66. The molecule has 0 aliphatic heterocycles. The molecule has 1 N–H and O–H groups in total. The Labute approximate surface area is 106 Å². The van der Waals surface area contributed by atoms with Crippen LogP contribution in [0.3, 0.4) is 0 Å². The first-order valence-corrected chi connectivity index (χ1v) is 5.97. The van der Waals surface area contributed by atoms with E-state index in [0.717, 1.165) is 12.4 Å². The van der Waals surface area contributed by atoms with Crippen LogP contribution in [0.4, 0.5) is 0 Å². The van der Waals surface area contributed by atoms with Crippen molar-refractivity contribution in [1.29, 1.82) is 0 Å². The number of hydrogen-bond acceptors (Lipinski definition) is 1. The zero-order valence-corrected chi connectivity index (χ0v) is 10.4. The predicted octanol–water partition coefficient (Wildman–Crippen LogP) is 1.61. The molecule has 0 aliphatic rings. The lowest BCUT2D eigenvalue weighted by molar-refractivity contribution is -0.694. The molecule has 0 unspecified atom stereocenters. The standard InChI is InChI=1S/C14H16N2O2/c1-12-15(8-7-14(17)18)9-10-16(12)11-13-5-3-2-4-6-13/h2-6,9-10H,7-8,11H2,1H3/p+1. The second kappa shape index (κ2) is 5.49. The molecule has 0 aliphatic carbocycles. The van der Waals surface area contributed by atoms with Crippen molar-refractivity contribution in [1.82, 2.24) is 4.57 Å². The summed E-state index contributed by atoms with van der Waals surface area (Å²) in [5, 5.41) is 8.69. The van der Waals surface area contributed by atoms with Gasteiger partial charge in [-0.1, -0.05) is 30.3 Å². The topological polar surface area (TPSA) is 46.1 Å². The molecule has 2 rings (SSSR count). The van der Waals surface area contributed by atoms with E-state index >= 15 is 0 Å². The minimum atomic E-state index is -0.766. The van der Waals surface area contributed by atoms with Crippen LogP contribution in [0, 0.1) is 6.92 Å². The maximum atomic E-state index is 10.6. The number of carbonyl (C=O) groups is 1. The maximum Gasteiger partial charge on any atom is 0.307 e. The van der Waals surface area contributed by atoms with E-state index in [1.807, 2.05) is 42.1 Å². The summed E-state index contributed by atoms with van der Waals surface area (Å²) < 4.78 is 4.09. The number of hydrogen-bond donors (Lipinski definition) is 1. The quantitative estimate of drug-likeness (QED) is 0.813. The second-order valence-electron chi connectivity index (χ2n) is 4.30. The third-order valence-electron chi connectivity index (χ3n) is 3.02. The monoisotopic (exact) mass is 245 g/mol. The Morgan fingerprint density at radius 2 is 2.06 bits per heavy atom. The molecule has 1 aromatic carbocycles. The van der Waals surface area contributed by atoms with Crippen molar-refractivity contribution in [2.45, 2.75) is 26.4 Å². The van der Waals surface area contributed by atoms with Crippen LogP contribution in [-0.2, 0) is 17.9 Å². The minimum absolute atomic E-state index is 0.154. The van der Waals surface area contributed by atoms with E-state index in [1.54, 1.807) is 0 Å². The molecule has 1 heterocycles. The highest BCUT2D eigenvalue weighted by atomic mass is 16.4. The van der Waals surface area contributed by atoms with Crippen molar-refractivity contribution in [3.8, 4) is 0 Å². The fraction of sp³-hybridized carbons (Fsp3) is 0.286. The number of nitrogens with zero attached hydrogens (tertiary/aromatic N) is 2. The molecule has 4 heteroatoms. The molecule has 0 spiro atoms. The summed E-state index contributed by atoms with van der Waals surface area (Å²) in [5.74, 6) is 0.304. The van der Waals surface area contributed by atoms with Crippen LogP contribution in [0.2, 0.25) is 0 Å². The largest absolute Gasteiger partial charge is 0.481 e. The zero-order valence-electron chi connectivity index (χ0n) is 10.4. The second-order valence-corrected chi connectivity index (χ2v) is 4.30. The van der Waals surface area contributed by atoms with Gasteiger partial charge in [0.15, 0.2) is 0 Å². The molecule has 94 valence electrons. The van der Waals surface area contributed by atoms with E-state index in [0.29, 0.717) is 6.54 Å². The number of rotatable bonds is 5. The number of imidazole rings is 1. The summed E-state index contributed by atoms with van der Waals surface area (Å²) in [6, 6.07) is 10.2. The van der Waals surface area contributed by atoms with Gasteiger partial charge in [-0.15, -0.1) is 0 Å². The highest BCUT2D eigenvalue weighted by Crippen LogP contribution is 2.01. The first-order chi connectivity index (χ1) is 8.66. The maximum absolute atomic E-state index is 10.6. The molecule has 18 heavy (non-hydrogen) atoms. The highest BCUT2D eigenvalue weighted by Gasteiger charge is 2.13. The van der Waals surface area contributed by atoms with Crippen LogP contribution in [-0.4, -0.2) is 15.6 Å². The molecule has 4 nitrogen and oxygen atoms in total. The number of carboxylic acids is 1. The summed E-state index contributed by atoms with van der Waals surface area (Å²) in [4.78, 5) is 10.6. The van der Waals surface area contributed by atoms with Crippen LogP contribution >= 0.6 is 0 Å². The summed E-state index contributed by atoms with van der Waals surface area (Å²) in [6.07, 6.45) is 4.08. The van der Waals surface area contributed by atoms with E-state index in [9.17, 15) is 4.79 Å².